The average molecular weight is 277 g/mol. The van der Waals surface area contributed by atoms with Crippen LogP contribution in [0.4, 0.5) is 4.39 Å². The summed E-state index contributed by atoms with van der Waals surface area (Å²) in [5.41, 5.74) is 2.18. The zero-order valence-electron chi connectivity index (χ0n) is 12.0. The van der Waals surface area contributed by atoms with Crippen molar-refractivity contribution in [2.45, 2.75) is 39.5 Å². The molecule has 0 aliphatic heterocycles. The van der Waals surface area contributed by atoms with Gasteiger partial charge in [-0.1, -0.05) is 20.3 Å². The first-order valence-corrected chi connectivity index (χ1v) is 7.07. The maximum absolute atomic E-state index is 12.5. The molecule has 3 nitrogen and oxygen atoms in total. The number of ether oxygens (including phenoxy) is 1. The zero-order valence-corrected chi connectivity index (χ0v) is 12.0. The van der Waals surface area contributed by atoms with E-state index in [1.807, 2.05) is 25.1 Å². The van der Waals surface area contributed by atoms with Gasteiger partial charge in [0, 0.05) is 12.5 Å². The Labute approximate surface area is 118 Å². The molecule has 0 atom stereocenters. The molecule has 0 unspecified atom stereocenters. The summed E-state index contributed by atoms with van der Waals surface area (Å²) >= 11 is 0. The highest BCUT2D eigenvalue weighted by Gasteiger charge is 2.07. The number of hydrogen-bond acceptors (Lipinski definition) is 3. The van der Waals surface area contributed by atoms with E-state index in [-0.39, 0.29) is 6.61 Å². The topological polar surface area (TPSA) is 35.3 Å². The van der Waals surface area contributed by atoms with E-state index < -0.39 is 0 Å². The molecule has 20 heavy (non-hydrogen) atoms. The van der Waals surface area contributed by atoms with E-state index in [1.54, 1.807) is 0 Å². The normalized spacial score (nSPS) is 12.1. The highest BCUT2D eigenvalue weighted by atomic mass is 19.1. The molecule has 2 aromatic rings. The van der Waals surface area contributed by atoms with Crippen molar-refractivity contribution in [1.82, 2.24) is 4.98 Å². The number of aryl methyl sites for hydroxylation is 1. The fourth-order valence-electron chi connectivity index (χ4n) is 1.86. The quantitative estimate of drug-likeness (QED) is 0.728. The van der Waals surface area contributed by atoms with Crippen LogP contribution in [0.25, 0.3) is 11.1 Å². The lowest BCUT2D eigenvalue weighted by molar-refractivity contribution is 0.345. The molecule has 0 saturated carbocycles. The number of rotatable bonds is 7. The molecule has 1 heterocycles. The third kappa shape index (κ3) is 3.59. The highest BCUT2D eigenvalue weighted by molar-refractivity contribution is 5.74. The van der Waals surface area contributed by atoms with Crippen molar-refractivity contribution in [2.75, 3.05) is 6.61 Å². The molecule has 108 valence electrons. The van der Waals surface area contributed by atoms with E-state index in [9.17, 15) is 4.39 Å². The van der Waals surface area contributed by atoms with Crippen molar-refractivity contribution >= 4 is 11.1 Å². The summed E-state index contributed by atoms with van der Waals surface area (Å²) in [6, 6.07) is 5.51. The summed E-state index contributed by atoms with van der Waals surface area (Å²) in [4.78, 5) is 4.43. The number of oxazole rings is 1. The second-order valence-electron chi connectivity index (χ2n) is 4.75. The number of hydrogen-bond donors (Lipinski definition) is 0. The molecule has 4 heteroatoms. The summed E-state index contributed by atoms with van der Waals surface area (Å²) in [7, 11) is 0. The molecule has 0 fully saturated rings. The maximum Gasteiger partial charge on any atom is 0.195 e. The van der Waals surface area contributed by atoms with E-state index in [2.05, 4.69) is 11.9 Å². The molecular weight excluding hydrogens is 257 g/mol. The van der Waals surface area contributed by atoms with Gasteiger partial charge in [-0.2, -0.15) is 0 Å². The number of unbranched alkanes of at least 4 members (excludes halogenated alkanes) is 1. The largest absolute Gasteiger partial charge is 0.489 e. The zero-order chi connectivity index (χ0) is 14.4. The standard InChI is InChI=1S/C16H20FNO2/c1-3-5-6-16-18-14-8-7-13(9-15(14)20-16)19-11-12(4-2)10-17/h7-10H,3-6,11H2,1-2H3. The molecule has 1 aromatic heterocycles. The van der Waals surface area contributed by atoms with Crippen LogP contribution in [0, 0.1) is 0 Å². The molecule has 0 N–H and O–H groups in total. The van der Waals surface area contributed by atoms with Crippen LogP contribution < -0.4 is 4.74 Å². The predicted molar refractivity (Wildman–Crippen MR) is 77.6 cm³/mol. The van der Waals surface area contributed by atoms with Gasteiger partial charge in [0.1, 0.15) is 17.9 Å². The van der Waals surface area contributed by atoms with E-state index in [0.717, 1.165) is 36.3 Å². The second kappa shape index (κ2) is 7.08. The molecule has 0 bridgehead atoms. The van der Waals surface area contributed by atoms with Gasteiger partial charge in [-0.3, -0.25) is 0 Å². The lowest BCUT2D eigenvalue weighted by atomic mass is 10.2. The lowest BCUT2D eigenvalue weighted by Crippen LogP contribution is -1.99. The van der Waals surface area contributed by atoms with E-state index in [4.69, 9.17) is 9.15 Å². The molecule has 1 aromatic carbocycles. The average Bonchev–Trinajstić information content (AvgIpc) is 2.88. The van der Waals surface area contributed by atoms with E-state index in [1.165, 1.54) is 0 Å². The Kier molecular flexibility index (Phi) is 5.16. The van der Waals surface area contributed by atoms with Crippen molar-refractivity contribution in [3.8, 4) is 5.75 Å². The van der Waals surface area contributed by atoms with Crippen molar-refractivity contribution < 1.29 is 13.5 Å². The van der Waals surface area contributed by atoms with Crippen LogP contribution in [0.2, 0.25) is 0 Å². The Morgan fingerprint density at radius 1 is 1.40 bits per heavy atom. The van der Waals surface area contributed by atoms with Gasteiger partial charge in [0.15, 0.2) is 11.5 Å². The SMILES string of the molecule is CCCCc1nc2ccc(OCC(=CF)CC)cc2o1. The van der Waals surface area contributed by atoms with Crippen LogP contribution in [0.3, 0.4) is 0 Å². The van der Waals surface area contributed by atoms with Gasteiger partial charge in [-0.15, -0.1) is 0 Å². The van der Waals surface area contributed by atoms with Gasteiger partial charge < -0.3 is 9.15 Å². The first kappa shape index (κ1) is 14.6. The first-order chi connectivity index (χ1) is 9.76. The van der Waals surface area contributed by atoms with Crippen LogP contribution in [-0.4, -0.2) is 11.6 Å². The minimum atomic E-state index is 0.259. The van der Waals surface area contributed by atoms with Gasteiger partial charge in [-0.05, 0) is 30.5 Å². The van der Waals surface area contributed by atoms with Gasteiger partial charge in [-0.25, -0.2) is 9.37 Å². The molecule has 0 aliphatic carbocycles. The Morgan fingerprint density at radius 3 is 2.95 bits per heavy atom. The lowest BCUT2D eigenvalue weighted by Gasteiger charge is -2.06. The Balaban J connectivity index is 2.08. The van der Waals surface area contributed by atoms with E-state index in [0.29, 0.717) is 24.1 Å². The van der Waals surface area contributed by atoms with Gasteiger partial charge in [0.25, 0.3) is 0 Å². The summed E-state index contributed by atoms with van der Waals surface area (Å²) in [5, 5.41) is 0. The molecular formula is C16H20FNO2. The predicted octanol–water partition coefficient (Wildman–Crippen LogP) is 4.81. The van der Waals surface area contributed by atoms with Gasteiger partial charge in [0.2, 0.25) is 0 Å². The highest BCUT2D eigenvalue weighted by Crippen LogP contribution is 2.23. The third-order valence-electron chi connectivity index (χ3n) is 3.18. The maximum atomic E-state index is 12.5. The van der Waals surface area contributed by atoms with Crippen molar-refractivity contribution in [3.63, 3.8) is 0 Å². The van der Waals surface area contributed by atoms with Crippen molar-refractivity contribution in [3.05, 3.63) is 36.0 Å². The number of fused-ring (bicyclic) bond motifs is 1. The Morgan fingerprint density at radius 2 is 2.25 bits per heavy atom. The van der Waals surface area contributed by atoms with Crippen LogP contribution in [0.15, 0.2) is 34.5 Å². The third-order valence-corrected chi connectivity index (χ3v) is 3.18. The van der Waals surface area contributed by atoms with Gasteiger partial charge in [0.05, 0.1) is 6.33 Å². The molecule has 0 amide bonds. The van der Waals surface area contributed by atoms with Crippen LogP contribution in [0.5, 0.6) is 5.75 Å². The fraction of sp³-hybridized carbons (Fsp3) is 0.438. The minimum absolute atomic E-state index is 0.259. The van der Waals surface area contributed by atoms with Crippen LogP contribution in [-0.2, 0) is 6.42 Å². The Hall–Kier alpha value is -1.84. The number of benzene rings is 1. The van der Waals surface area contributed by atoms with Crippen molar-refractivity contribution in [2.24, 2.45) is 0 Å². The van der Waals surface area contributed by atoms with Crippen molar-refractivity contribution in [1.29, 1.82) is 0 Å². The summed E-state index contributed by atoms with van der Waals surface area (Å²) < 4.78 is 23.7. The van der Waals surface area contributed by atoms with E-state index >= 15 is 0 Å². The van der Waals surface area contributed by atoms with Gasteiger partial charge >= 0.3 is 0 Å². The number of nitrogens with zero attached hydrogens (tertiary/aromatic N) is 1. The summed E-state index contributed by atoms with van der Waals surface area (Å²) in [6.07, 6.45) is 4.28. The van der Waals surface area contributed by atoms with Crippen LogP contribution >= 0.6 is 0 Å². The van der Waals surface area contributed by atoms with Crippen LogP contribution in [0.1, 0.15) is 39.0 Å². The first-order valence-electron chi connectivity index (χ1n) is 7.07. The second-order valence-corrected chi connectivity index (χ2v) is 4.75. The molecule has 2 rings (SSSR count). The Bertz CT molecular complexity index is 589. The fourth-order valence-corrected chi connectivity index (χ4v) is 1.86. The summed E-state index contributed by atoms with van der Waals surface area (Å²) in [6.45, 7) is 4.29. The smallest absolute Gasteiger partial charge is 0.195 e. The molecule has 0 spiro atoms. The molecule has 0 radical (unpaired) electrons. The number of halogens is 1. The monoisotopic (exact) mass is 277 g/mol. The molecule has 0 saturated heterocycles. The summed E-state index contributed by atoms with van der Waals surface area (Å²) in [5.74, 6) is 1.43. The number of aromatic nitrogens is 1. The minimum Gasteiger partial charge on any atom is -0.489 e. The molecule has 0 aliphatic rings.